The fraction of sp³-hybridized carbons (Fsp3) is 0.429. The third kappa shape index (κ3) is 4.07. The van der Waals surface area contributed by atoms with Crippen molar-refractivity contribution in [3.8, 4) is 5.75 Å². The molecule has 0 bridgehead atoms. The first-order valence-corrected chi connectivity index (χ1v) is 8.73. The molecule has 23 heavy (non-hydrogen) atoms. The van der Waals surface area contributed by atoms with Crippen molar-refractivity contribution in [1.29, 1.82) is 0 Å². The highest BCUT2D eigenvalue weighted by molar-refractivity contribution is 5.47. The predicted octanol–water partition coefficient (Wildman–Crippen LogP) is 5.74. The quantitative estimate of drug-likeness (QED) is 0.760. The van der Waals surface area contributed by atoms with E-state index in [2.05, 4.69) is 60.8 Å². The van der Waals surface area contributed by atoms with E-state index in [9.17, 15) is 0 Å². The maximum absolute atomic E-state index is 5.31. The molecular weight excluding hydrogens is 282 g/mol. The number of benzene rings is 2. The van der Waals surface area contributed by atoms with E-state index in [0.29, 0.717) is 12.0 Å². The van der Waals surface area contributed by atoms with Gasteiger partial charge >= 0.3 is 0 Å². The Morgan fingerprint density at radius 1 is 0.913 bits per heavy atom. The lowest BCUT2D eigenvalue weighted by Gasteiger charge is -2.32. The van der Waals surface area contributed by atoms with Crippen LogP contribution in [0.5, 0.6) is 5.75 Å². The molecule has 0 spiro atoms. The van der Waals surface area contributed by atoms with Crippen LogP contribution in [-0.2, 0) is 0 Å². The Bertz CT molecular complexity index is 597. The second-order valence-electron chi connectivity index (χ2n) is 6.66. The molecule has 1 aliphatic carbocycles. The summed E-state index contributed by atoms with van der Waals surface area (Å²) < 4.78 is 5.31. The fourth-order valence-electron chi connectivity index (χ4n) is 3.58. The zero-order valence-electron chi connectivity index (χ0n) is 14.2. The van der Waals surface area contributed by atoms with E-state index >= 15 is 0 Å². The average molecular weight is 309 g/mol. The van der Waals surface area contributed by atoms with Crippen LogP contribution >= 0.6 is 0 Å². The number of methoxy groups -OCH3 is 1. The SMILES string of the molecule is COc1ccc(C(Nc2ccc(C)cc2)C2CCCCC2)cc1. The molecule has 1 fully saturated rings. The Morgan fingerprint density at radius 2 is 1.57 bits per heavy atom. The topological polar surface area (TPSA) is 21.3 Å². The summed E-state index contributed by atoms with van der Waals surface area (Å²) in [5.74, 6) is 1.63. The first-order valence-electron chi connectivity index (χ1n) is 8.73. The van der Waals surface area contributed by atoms with Gasteiger partial charge in [-0.25, -0.2) is 0 Å². The molecule has 0 aromatic heterocycles. The molecule has 0 amide bonds. The number of hydrogen-bond acceptors (Lipinski definition) is 2. The molecule has 3 rings (SSSR count). The molecule has 0 radical (unpaired) electrons. The van der Waals surface area contributed by atoms with Crippen molar-refractivity contribution in [1.82, 2.24) is 0 Å². The first-order chi connectivity index (χ1) is 11.3. The van der Waals surface area contributed by atoms with Gasteiger partial charge in [-0.15, -0.1) is 0 Å². The van der Waals surface area contributed by atoms with Crippen molar-refractivity contribution in [3.63, 3.8) is 0 Å². The molecule has 122 valence electrons. The molecule has 0 aliphatic heterocycles. The summed E-state index contributed by atoms with van der Waals surface area (Å²) in [5, 5.41) is 3.79. The highest BCUT2D eigenvalue weighted by Gasteiger charge is 2.25. The highest BCUT2D eigenvalue weighted by Crippen LogP contribution is 2.37. The van der Waals surface area contributed by atoms with Gasteiger partial charge in [0.15, 0.2) is 0 Å². The van der Waals surface area contributed by atoms with E-state index in [1.54, 1.807) is 7.11 Å². The Kier molecular flexibility index (Phi) is 5.22. The lowest BCUT2D eigenvalue weighted by molar-refractivity contribution is 0.321. The van der Waals surface area contributed by atoms with E-state index in [1.807, 2.05) is 0 Å². The molecule has 1 N–H and O–H groups in total. The highest BCUT2D eigenvalue weighted by atomic mass is 16.5. The summed E-state index contributed by atoms with van der Waals surface area (Å²) in [7, 11) is 1.72. The van der Waals surface area contributed by atoms with Crippen LogP contribution in [0.25, 0.3) is 0 Å². The second-order valence-corrected chi connectivity index (χ2v) is 6.66. The minimum absolute atomic E-state index is 0.379. The summed E-state index contributed by atoms with van der Waals surface area (Å²) in [6.07, 6.45) is 6.72. The standard InChI is InChI=1S/C21H27NO/c1-16-8-12-19(13-9-16)22-21(17-6-4-3-5-7-17)18-10-14-20(23-2)15-11-18/h8-15,17,21-22H,3-7H2,1-2H3. The van der Waals surface area contributed by atoms with Crippen LogP contribution < -0.4 is 10.1 Å². The van der Waals surface area contributed by atoms with Crippen LogP contribution in [-0.4, -0.2) is 7.11 Å². The Morgan fingerprint density at radius 3 is 2.17 bits per heavy atom. The zero-order valence-corrected chi connectivity index (χ0v) is 14.2. The van der Waals surface area contributed by atoms with Crippen molar-refractivity contribution in [3.05, 3.63) is 59.7 Å². The lowest BCUT2D eigenvalue weighted by Crippen LogP contribution is -2.23. The normalized spacial score (nSPS) is 16.8. The molecule has 1 unspecified atom stereocenters. The summed E-state index contributed by atoms with van der Waals surface area (Å²) in [5.41, 5.74) is 3.87. The molecule has 1 saturated carbocycles. The van der Waals surface area contributed by atoms with Gasteiger partial charge in [-0.2, -0.15) is 0 Å². The molecule has 1 aliphatic rings. The van der Waals surface area contributed by atoms with Gasteiger partial charge in [0, 0.05) is 5.69 Å². The van der Waals surface area contributed by atoms with Crippen LogP contribution in [0.4, 0.5) is 5.69 Å². The van der Waals surface area contributed by atoms with Crippen molar-refractivity contribution >= 4 is 5.69 Å². The molecular formula is C21H27NO. The van der Waals surface area contributed by atoms with Gasteiger partial charge in [0.25, 0.3) is 0 Å². The van der Waals surface area contributed by atoms with Gasteiger partial charge < -0.3 is 10.1 Å². The van der Waals surface area contributed by atoms with Crippen molar-refractivity contribution < 1.29 is 4.74 Å². The Labute approximate surface area is 139 Å². The zero-order chi connectivity index (χ0) is 16.1. The first kappa shape index (κ1) is 15.9. The molecule has 2 nitrogen and oxygen atoms in total. The molecule has 2 heteroatoms. The predicted molar refractivity (Wildman–Crippen MR) is 97.1 cm³/mol. The Balaban J connectivity index is 1.83. The summed E-state index contributed by atoms with van der Waals surface area (Å²) in [4.78, 5) is 0. The van der Waals surface area contributed by atoms with E-state index in [4.69, 9.17) is 4.74 Å². The van der Waals surface area contributed by atoms with Crippen LogP contribution in [0.2, 0.25) is 0 Å². The molecule has 1 atom stereocenters. The van der Waals surface area contributed by atoms with Crippen molar-refractivity contribution in [2.75, 3.05) is 12.4 Å². The third-order valence-electron chi connectivity index (χ3n) is 4.97. The number of anilines is 1. The molecule has 2 aromatic rings. The van der Waals surface area contributed by atoms with Crippen molar-refractivity contribution in [2.45, 2.75) is 45.1 Å². The smallest absolute Gasteiger partial charge is 0.118 e. The van der Waals surface area contributed by atoms with Crippen molar-refractivity contribution in [2.24, 2.45) is 5.92 Å². The van der Waals surface area contributed by atoms with Gasteiger partial charge in [0.2, 0.25) is 0 Å². The summed E-state index contributed by atoms with van der Waals surface area (Å²) in [6.45, 7) is 2.13. The minimum Gasteiger partial charge on any atom is -0.497 e. The van der Waals surface area contributed by atoms with Crippen LogP contribution in [0.3, 0.4) is 0 Å². The number of rotatable bonds is 5. The molecule has 0 saturated heterocycles. The van der Waals surface area contributed by atoms with Crippen LogP contribution in [0, 0.1) is 12.8 Å². The number of nitrogens with one attached hydrogen (secondary N) is 1. The van der Waals surface area contributed by atoms with Gasteiger partial charge in [-0.05, 0) is 55.5 Å². The third-order valence-corrected chi connectivity index (χ3v) is 4.97. The number of hydrogen-bond donors (Lipinski definition) is 1. The lowest BCUT2D eigenvalue weighted by atomic mass is 9.81. The van der Waals surface area contributed by atoms with Crippen LogP contribution in [0.1, 0.15) is 49.3 Å². The van der Waals surface area contributed by atoms with Crippen LogP contribution in [0.15, 0.2) is 48.5 Å². The monoisotopic (exact) mass is 309 g/mol. The largest absolute Gasteiger partial charge is 0.497 e. The van der Waals surface area contributed by atoms with E-state index in [1.165, 1.54) is 48.9 Å². The van der Waals surface area contributed by atoms with E-state index in [-0.39, 0.29) is 0 Å². The number of ether oxygens (including phenoxy) is 1. The molecule has 0 heterocycles. The number of aryl methyl sites for hydroxylation is 1. The van der Waals surface area contributed by atoms with E-state index in [0.717, 1.165) is 5.75 Å². The van der Waals surface area contributed by atoms with E-state index < -0.39 is 0 Å². The fourth-order valence-corrected chi connectivity index (χ4v) is 3.58. The minimum atomic E-state index is 0.379. The van der Waals surface area contributed by atoms with Gasteiger partial charge in [-0.1, -0.05) is 49.1 Å². The molecule has 2 aromatic carbocycles. The average Bonchev–Trinajstić information content (AvgIpc) is 2.62. The van der Waals surface area contributed by atoms with Gasteiger partial charge in [0.1, 0.15) is 5.75 Å². The van der Waals surface area contributed by atoms with Gasteiger partial charge in [0.05, 0.1) is 13.2 Å². The Hall–Kier alpha value is -1.96. The second kappa shape index (κ2) is 7.54. The van der Waals surface area contributed by atoms with Gasteiger partial charge in [-0.3, -0.25) is 0 Å². The maximum Gasteiger partial charge on any atom is 0.118 e. The maximum atomic E-state index is 5.31. The summed E-state index contributed by atoms with van der Waals surface area (Å²) >= 11 is 0. The summed E-state index contributed by atoms with van der Waals surface area (Å²) in [6, 6.07) is 17.7.